The van der Waals surface area contributed by atoms with Gasteiger partial charge in [0.1, 0.15) is 4.90 Å². The molecule has 1 rings (SSSR count). The van der Waals surface area contributed by atoms with Gasteiger partial charge < -0.3 is 15.4 Å². The summed E-state index contributed by atoms with van der Waals surface area (Å²) in [6.07, 6.45) is 0.849. The SMILES string of the molecule is CS(=O)(=O)c1cc(O)n(O)c1O. The van der Waals surface area contributed by atoms with E-state index in [1.807, 2.05) is 0 Å². The summed E-state index contributed by atoms with van der Waals surface area (Å²) in [6, 6.07) is 0.755. The largest absolute Gasteiger partial charge is 0.492 e. The molecule has 12 heavy (non-hydrogen) atoms. The van der Waals surface area contributed by atoms with Crippen molar-refractivity contribution in [1.29, 1.82) is 0 Å². The molecule has 0 radical (unpaired) electrons. The van der Waals surface area contributed by atoms with Gasteiger partial charge >= 0.3 is 0 Å². The van der Waals surface area contributed by atoms with E-state index in [-0.39, 0.29) is 4.73 Å². The number of hydrogen-bond acceptors (Lipinski definition) is 5. The van der Waals surface area contributed by atoms with E-state index < -0.39 is 26.5 Å². The van der Waals surface area contributed by atoms with Crippen molar-refractivity contribution in [3.8, 4) is 11.8 Å². The first-order chi connectivity index (χ1) is 5.34. The van der Waals surface area contributed by atoms with E-state index in [0.717, 1.165) is 12.3 Å². The van der Waals surface area contributed by atoms with Gasteiger partial charge in [0.05, 0.1) is 0 Å². The van der Waals surface area contributed by atoms with Crippen LogP contribution in [0.25, 0.3) is 0 Å². The highest BCUT2D eigenvalue weighted by Gasteiger charge is 2.20. The molecule has 0 bridgehead atoms. The van der Waals surface area contributed by atoms with Crippen LogP contribution in [0.15, 0.2) is 11.0 Å². The van der Waals surface area contributed by atoms with Crippen LogP contribution < -0.4 is 0 Å². The van der Waals surface area contributed by atoms with Crippen LogP contribution in [0.5, 0.6) is 11.8 Å². The second kappa shape index (κ2) is 2.31. The first kappa shape index (κ1) is 8.72. The topological polar surface area (TPSA) is 99.8 Å². The average molecular weight is 193 g/mol. The normalized spacial score (nSPS) is 11.8. The summed E-state index contributed by atoms with van der Waals surface area (Å²) < 4.78 is 21.6. The maximum Gasteiger partial charge on any atom is 0.248 e. The molecule has 68 valence electrons. The lowest BCUT2D eigenvalue weighted by molar-refractivity contribution is 0.129. The van der Waals surface area contributed by atoms with Crippen LogP contribution in [0.3, 0.4) is 0 Å². The van der Waals surface area contributed by atoms with Gasteiger partial charge in [-0.3, -0.25) is 0 Å². The molecular weight excluding hydrogens is 186 g/mol. The molecule has 0 aromatic carbocycles. The first-order valence-electron chi connectivity index (χ1n) is 2.87. The molecule has 1 heterocycles. The van der Waals surface area contributed by atoms with Gasteiger partial charge in [0.2, 0.25) is 11.8 Å². The maximum atomic E-state index is 10.8. The van der Waals surface area contributed by atoms with Gasteiger partial charge in [0.15, 0.2) is 9.84 Å². The Kier molecular flexibility index (Phi) is 1.68. The van der Waals surface area contributed by atoms with Crippen molar-refractivity contribution in [2.45, 2.75) is 4.90 Å². The van der Waals surface area contributed by atoms with E-state index >= 15 is 0 Å². The van der Waals surface area contributed by atoms with E-state index in [1.54, 1.807) is 0 Å². The number of rotatable bonds is 1. The Balaban J connectivity index is 3.48. The monoisotopic (exact) mass is 193 g/mol. The third-order valence-electron chi connectivity index (χ3n) is 1.30. The van der Waals surface area contributed by atoms with Crippen LogP contribution in [-0.4, -0.2) is 34.8 Å². The molecule has 3 N–H and O–H groups in total. The molecule has 0 aliphatic carbocycles. The molecule has 0 atom stereocenters. The third kappa shape index (κ3) is 1.18. The zero-order valence-corrected chi connectivity index (χ0v) is 6.91. The molecule has 1 aromatic heterocycles. The highest BCUT2D eigenvalue weighted by atomic mass is 32.2. The molecule has 0 aliphatic heterocycles. The second-order valence-electron chi connectivity index (χ2n) is 2.27. The van der Waals surface area contributed by atoms with Crippen LogP contribution in [0.1, 0.15) is 0 Å². The lowest BCUT2D eigenvalue weighted by Crippen LogP contribution is -1.96. The minimum absolute atomic E-state index is 0.0175. The van der Waals surface area contributed by atoms with Crippen molar-refractivity contribution in [3.05, 3.63) is 6.07 Å². The van der Waals surface area contributed by atoms with E-state index in [9.17, 15) is 8.42 Å². The summed E-state index contributed by atoms with van der Waals surface area (Å²) in [5.41, 5.74) is 0. The summed E-state index contributed by atoms with van der Waals surface area (Å²) in [5, 5.41) is 26.4. The van der Waals surface area contributed by atoms with E-state index in [0.29, 0.717) is 0 Å². The molecule has 0 amide bonds. The molecule has 6 nitrogen and oxygen atoms in total. The number of nitrogens with zero attached hydrogens (tertiary/aromatic N) is 1. The molecular formula is C5H7NO5S. The summed E-state index contributed by atoms with van der Waals surface area (Å²) >= 11 is 0. The Labute approximate surface area is 68.2 Å². The molecule has 0 unspecified atom stereocenters. The van der Waals surface area contributed by atoms with Gasteiger partial charge in [-0.1, -0.05) is 0 Å². The summed E-state index contributed by atoms with van der Waals surface area (Å²) in [4.78, 5) is -0.512. The first-order valence-corrected chi connectivity index (χ1v) is 4.76. The van der Waals surface area contributed by atoms with Crippen LogP contribution >= 0.6 is 0 Å². The lowest BCUT2D eigenvalue weighted by atomic mass is 10.6. The van der Waals surface area contributed by atoms with Gasteiger partial charge in [-0.05, 0) is 0 Å². The summed E-state index contributed by atoms with van der Waals surface area (Å²) in [5.74, 6) is -1.62. The number of sulfone groups is 1. The standard InChI is InChI=1S/C5H7NO5S/c1-12(10,11)3-2-4(7)6(9)5(3)8/h2,7-9H,1H3. The van der Waals surface area contributed by atoms with E-state index in [4.69, 9.17) is 15.4 Å². The Hall–Kier alpha value is -1.37. The van der Waals surface area contributed by atoms with Crippen LogP contribution in [-0.2, 0) is 9.84 Å². The zero-order valence-electron chi connectivity index (χ0n) is 6.09. The molecule has 7 heteroatoms. The van der Waals surface area contributed by atoms with Gasteiger partial charge in [-0.15, -0.1) is 4.73 Å². The van der Waals surface area contributed by atoms with Crippen molar-refractivity contribution < 1.29 is 23.8 Å². The minimum atomic E-state index is -3.63. The third-order valence-corrected chi connectivity index (χ3v) is 2.40. The van der Waals surface area contributed by atoms with Crippen LogP contribution in [0.2, 0.25) is 0 Å². The fraction of sp³-hybridized carbons (Fsp3) is 0.200. The predicted molar refractivity (Wildman–Crippen MR) is 38.1 cm³/mol. The molecule has 0 fully saturated rings. The number of aromatic hydroxyl groups is 2. The Morgan fingerprint density at radius 2 is 1.92 bits per heavy atom. The Morgan fingerprint density at radius 3 is 2.08 bits per heavy atom. The van der Waals surface area contributed by atoms with Gasteiger partial charge in [0, 0.05) is 12.3 Å². The lowest BCUT2D eigenvalue weighted by Gasteiger charge is -1.95. The number of hydrogen-bond donors (Lipinski definition) is 3. The quantitative estimate of drug-likeness (QED) is 0.524. The highest BCUT2D eigenvalue weighted by Crippen LogP contribution is 2.29. The van der Waals surface area contributed by atoms with Crippen LogP contribution in [0.4, 0.5) is 0 Å². The van der Waals surface area contributed by atoms with Crippen molar-refractivity contribution in [1.82, 2.24) is 4.73 Å². The average Bonchev–Trinajstić information content (AvgIpc) is 2.15. The molecule has 0 spiro atoms. The van der Waals surface area contributed by atoms with E-state index in [1.165, 1.54) is 0 Å². The number of aromatic nitrogens is 1. The zero-order chi connectivity index (χ0) is 9.52. The fourth-order valence-corrected chi connectivity index (χ4v) is 1.47. The van der Waals surface area contributed by atoms with Crippen molar-refractivity contribution in [2.75, 3.05) is 6.26 Å². The summed E-state index contributed by atoms with van der Waals surface area (Å²) in [7, 11) is -3.63. The van der Waals surface area contributed by atoms with Gasteiger partial charge in [0.25, 0.3) is 0 Å². The minimum Gasteiger partial charge on any atom is -0.492 e. The second-order valence-corrected chi connectivity index (χ2v) is 4.26. The highest BCUT2D eigenvalue weighted by molar-refractivity contribution is 7.90. The van der Waals surface area contributed by atoms with Gasteiger partial charge in [-0.25, -0.2) is 8.42 Å². The molecule has 0 saturated carbocycles. The van der Waals surface area contributed by atoms with Crippen molar-refractivity contribution >= 4 is 9.84 Å². The van der Waals surface area contributed by atoms with Crippen molar-refractivity contribution in [2.24, 2.45) is 0 Å². The van der Waals surface area contributed by atoms with Gasteiger partial charge in [-0.2, -0.15) is 0 Å². The Morgan fingerprint density at radius 1 is 1.42 bits per heavy atom. The molecule has 0 aliphatic rings. The fourth-order valence-electron chi connectivity index (χ4n) is 0.729. The molecule has 0 saturated heterocycles. The predicted octanol–water partition coefficient (Wildman–Crippen LogP) is -0.460. The smallest absolute Gasteiger partial charge is 0.248 e. The maximum absolute atomic E-state index is 10.8. The van der Waals surface area contributed by atoms with Crippen molar-refractivity contribution in [3.63, 3.8) is 0 Å². The Bertz CT molecular complexity index is 404. The van der Waals surface area contributed by atoms with E-state index in [2.05, 4.69) is 0 Å². The summed E-state index contributed by atoms with van der Waals surface area (Å²) in [6.45, 7) is 0. The molecule has 1 aromatic rings. The van der Waals surface area contributed by atoms with Crippen LogP contribution in [0, 0.1) is 0 Å².